The molecular formula is C19H28FN5O. The third-order valence-electron chi connectivity index (χ3n) is 5.43. The molecule has 7 heteroatoms. The number of allylic oxidation sites excluding steroid dienone is 1. The molecule has 1 saturated heterocycles. The molecule has 4 N–H and O–H groups in total. The zero-order chi connectivity index (χ0) is 18.8. The quantitative estimate of drug-likeness (QED) is 0.566. The zero-order valence-corrected chi connectivity index (χ0v) is 15.7. The highest BCUT2D eigenvalue weighted by atomic mass is 19.1. The summed E-state index contributed by atoms with van der Waals surface area (Å²) in [5.74, 6) is 0.578. The van der Waals surface area contributed by atoms with Crippen molar-refractivity contribution in [2.45, 2.75) is 25.1 Å². The Morgan fingerprint density at radius 3 is 2.77 bits per heavy atom. The van der Waals surface area contributed by atoms with E-state index in [0.717, 1.165) is 41.9 Å². The van der Waals surface area contributed by atoms with Crippen molar-refractivity contribution in [2.24, 2.45) is 0 Å². The summed E-state index contributed by atoms with van der Waals surface area (Å²) in [5.41, 5.74) is 10.2. The van der Waals surface area contributed by atoms with Crippen LogP contribution in [0.5, 0.6) is 5.75 Å². The van der Waals surface area contributed by atoms with Crippen molar-refractivity contribution >= 4 is 23.2 Å². The lowest BCUT2D eigenvalue weighted by atomic mass is 9.97. The Labute approximate surface area is 154 Å². The fourth-order valence-corrected chi connectivity index (χ4v) is 4.03. The van der Waals surface area contributed by atoms with E-state index in [9.17, 15) is 4.39 Å². The van der Waals surface area contributed by atoms with E-state index in [0.29, 0.717) is 24.5 Å². The van der Waals surface area contributed by atoms with Gasteiger partial charge in [0.15, 0.2) is 0 Å². The highest BCUT2D eigenvalue weighted by Crippen LogP contribution is 2.40. The van der Waals surface area contributed by atoms with E-state index in [1.165, 1.54) is 6.21 Å². The minimum atomic E-state index is -0.926. The molecule has 0 aromatic heterocycles. The molecule has 1 aromatic carbocycles. The van der Waals surface area contributed by atoms with Crippen molar-refractivity contribution in [2.75, 3.05) is 51.5 Å². The Kier molecular flexibility index (Phi) is 5.36. The molecule has 6 nitrogen and oxygen atoms in total. The first-order chi connectivity index (χ1) is 12.5. The average Bonchev–Trinajstić information content (AvgIpc) is 2.77. The van der Waals surface area contributed by atoms with Gasteiger partial charge >= 0.3 is 0 Å². The lowest BCUT2D eigenvalue weighted by Gasteiger charge is -2.41. The average molecular weight is 361 g/mol. The highest BCUT2D eigenvalue weighted by Gasteiger charge is 2.35. The molecule has 2 aliphatic rings. The van der Waals surface area contributed by atoms with E-state index in [1.54, 1.807) is 7.11 Å². The Hall–Kier alpha value is -2.28. The van der Waals surface area contributed by atoms with Gasteiger partial charge in [0.2, 0.25) is 0 Å². The second-order valence-corrected chi connectivity index (χ2v) is 6.98. The lowest BCUT2D eigenvalue weighted by molar-refractivity contribution is 0.136. The normalized spacial score (nSPS) is 24.1. The van der Waals surface area contributed by atoms with E-state index in [2.05, 4.69) is 10.2 Å². The topological polar surface area (TPSA) is 77.6 Å². The van der Waals surface area contributed by atoms with Gasteiger partial charge in [-0.1, -0.05) is 0 Å². The van der Waals surface area contributed by atoms with Gasteiger partial charge in [-0.3, -0.25) is 0 Å². The van der Waals surface area contributed by atoms with Crippen LogP contribution in [-0.4, -0.2) is 64.2 Å². The maximum atomic E-state index is 14.9. The molecule has 2 aliphatic heterocycles. The van der Waals surface area contributed by atoms with Crippen molar-refractivity contribution in [3.05, 3.63) is 23.4 Å². The van der Waals surface area contributed by atoms with Gasteiger partial charge in [0, 0.05) is 67.9 Å². The maximum Gasteiger partial charge on any atom is 0.143 e. The molecule has 0 saturated carbocycles. The summed E-state index contributed by atoms with van der Waals surface area (Å²) in [4.78, 5) is 4.17. The maximum absolute atomic E-state index is 14.9. The van der Waals surface area contributed by atoms with Crippen LogP contribution in [0, 0.1) is 5.41 Å². The molecule has 0 spiro atoms. The van der Waals surface area contributed by atoms with E-state index in [-0.39, 0.29) is 6.04 Å². The Balaban J connectivity index is 2.12. The molecule has 0 aliphatic carbocycles. The third-order valence-corrected chi connectivity index (χ3v) is 5.43. The predicted molar refractivity (Wildman–Crippen MR) is 105 cm³/mol. The molecule has 2 atom stereocenters. The van der Waals surface area contributed by atoms with Crippen molar-refractivity contribution in [1.29, 1.82) is 5.41 Å². The number of halogens is 1. The van der Waals surface area contributed by atoms with Crippen molar-refractivity contribution in [3.8, 4) is 5.75 Å². The van der Waals surface area contributed by atoms with Crippen molar-refractivity contribution in [3.63, 3.8) is 0 Å². The summed E-state index contributed by atoms with van der Waals surface area (Å²) >= 11 is 0. The van der Waals surface area contributed by atoms with Crippen LogP contribution in [0.3, 0.4) is 0 Å². The van der Waals surface area contributed by atoms with Crippen molar-refractivity contribution < 1.29 is 9.13 Å². The summed E-state index contributed by atoms with van der Waals surface area (Å²) in [6.07, 6.45) is 1.90. The number of ether oxygens (including phenoxy) is 1. The lowest BCUT2D eigenvalue weighted by Crippen LogP contribution is -2.52. The molecule has 3 rings (SSSR count). The number of hydrogen-bond donors (Lipinski definition) is 3. The molecule has 26 heavy (non-hydrogen) atoms. The van der Waals surface area contributed by atoms with Crippen LogP contribution in [-0.2, 0) is 0 Å². The second kappa shape index (κ2) is 7.53. The Morgan fingerprint density at radius 1 is 1.38 bits per heavy atom. The first-order valence-electron chi connectivity index (χ1n) is 8.98. The number of nitrogen functional groups attached to an aromatic ring is 1. The van der Waals surface area contributed by atoms with Gasteiger partial charge in [-0.15, -0.1) is 0 Å². The zero-order valence-electron chi connectivity index (χ0n) is 15.7. The molecule has 0 bridgehead atoms. The monoisotopic (exact) mass is 361 g/mol. The number of rotatable bonds is 4. The van der Waals surface area contributed by atoms with Crippen LogP contribution in [0.15, 0.2) is 17.8 Å². The number of nitrogens with zero attached hydrogens (tertiary/aromatic N) is 2. The van der Waals surface area contributed by atoms with Gasteiger partial charge in [-0.2, -0.15) is 0 Å². The second-order valence-electron chi connectivity index (χ2n) is 6.98. The minimum absolute atomic E-state index is 0.193. The van der Waals surface area contributed by atoms with Gasteiger partial charge < -0.3 is 31.0 Å². The number of hydrogen-bond acceptors (Lipinski definition) is 6. The van der Waals surface area contributed by atoms with E-state index in [4.69, 9.17) is 15.9 Å². The highest BCUT2D eigenvalue weighted by molar-refractivity contribution is 6.12. The minimum Gasteiger partial charge on any atom is -0.495 e. The molecule has 0 amide bonds. The largest absolute Gasteiger partial charge is 0.495 e. The van der Waals surface area contributed by atoms with E-state index >= 15 is 0 Å². The van der Waals surface area contributed by atoms with Gasteiger partial charge in [0.25, 0.3) is 0 Å². The number of alkyl halides is 1. The van der Waals surface area contributed by atoms with Crippen LogP contribution in [0.1, 0.15) is 18.4 Å². The fourth-order valence-electron chi connectivity index (χ4n) is 4.03. The number of fused-ring (bicyclic) bond motifs is 1. The van der Waals surface area contributed by atoms with Gasteiger partial charge in [-0.05, 0) is 19.5 Å². The first kappa shape index (κ1) is 18.5. The molecule has 142 valence electrons. The molecule has 1 aromatic rings. The van der Waals surface area contributed by atoms with Gasteiger partial charge in [-0.25, -0.2) is 4.39 Å². The Morgan fingerprint density at radius 2 is 2.15 bits per heavy atom. The molecule has 1 fully saturated rings. The number of piperidine rings is 1. The smallest absolute Gasteiger partial charge is 0.143 e. The third kappa shape index (κ3) is 3.23. The van der Waals surface area contributed by atoms with Gasteiger partial charge in [0.05, 0.1) is 18.8 Å². The summed E-state index contributed by atoms with van der Waals surface area (Å²) < 4.78 is 20.3. The number of methoxy groups -OCH3 is 1. The molecular weight excluding hydrogens is 333 g/mol. The van der Waals surface area contributed by atoms with E-state index in [1.807, 2.05) is 31.1 Å². The fraction of sp³-hybridized carbons (Fsp3) is 0.526. The molecule has 2 heterocycles. The number of anilines is 2. The molecule has 0 radical (unpaired) electrons. The van der Waals surface area contributed by atoms with Crippen LogP contribution >= 0.6 is 0 Å². The van der Waals surface area contributed by atoms with Crippen LogP contribution in [0.2, 0.25) is 0 Å². The van der Waals surface area contributed by atoms with E-state index < -0.39 is 6.17 Å². The number of likely N-dealkylation sites (tertiary alicyclic amines) is 1. The van der Waals surface area contributed by atoms with Crippen LogP contribution < -0.4 is 20.7 Å². The standard InChI is InChI=1S/C19H28FN5O/c1-23-16-4-7-25(17-5-6-24(2)11-14(17)20)18-9-19(26-3)15(22)8-12(18)13(16)10-21/h8-10,14,17,21,23H,4-7,11,22H2,1-3H3. The molecule has 2 unspecified atom stereocenters. The Bertz CT molecular complexity index is 720. The first-order valence-corrected chi connectivity index (χ1v) is 8.98. The predicted octanol–water partition coefficient (Wildman–Crippen LogP) is 2.11. The summed E-state index contributed by atoms with van der Waals surface area (Å²) in [6.45, 7) is 1.99. The van der Waals surface area contributed by atoms with Gasteiger partial charge in [0.1, 0.15) is 11.9 Å². The number of nitrogens with one attached hydrogen (secondary N) is 2. The van der Waals surface area contributed by atoms with Crippen molar-refractivity contribution in [1.82, 2.24) is 10.2 Å². The van der Waals surface area contributed by atoms with Crippen LogP contribution in [0.25, 0.3) is 5.57 Å². The summed E-state index contributed by atoms with van der Waals surface area (Å²) in [5, 5.41) is 11.1. The summed E-state index contributed by atoms with van der Waals surface area (Å²) in [6, 6.07) is 3.53. The summed E-state index contributed by atoms with van der Waals surface area (Å²) in [7, 11) is 5.39. The number of benzene rings is 1. The SMILES string of the molecule is CNC1=C(C=N)c2cc(N)c(OC)cc2N(C2CCN(C)CC2F)CC1. The number of nitrogens with two attached hydrogens (primary N) is 1. The van der Waals surface area contributed by atoms with Crippen LogP contribution in [0.4, 0.5) is 15.8 Å².